The Kier molecular flexibility index (Phi) is 9.09. The van der Waals surface area contributed by atoms with E-state index in [-0.39, 0.29) is 23.8 Å². The summed E-state index contributed by atoms with van der Waals surface area (Å²) in [4.78, 5) is 17.6. The topological polar surface area (TPSA) is 101 Å². The first kappa shape index (κ1) is 31.0. The van der Waals surface area contributed by atoms with Gasteiger partial charge in [0.25, 0.3) is 5.91 Å². The highest BCUT2D eigenvalue weighted by Crippen LogP contribution is 2.47. The van der Waals surface area contributed by atoms with Crippen molar-refractivity contribution in [2.24, 2.45) is 0 Å². The van der Waals surface area contributed by atoms with Crippen LogP contribution in [0.2, 0.25) is 15.1 Å². The number of rotatable bonds is 8. The van der Waals surface area contributed by atoms with Crippen LogP contribution in [0.15, 0.2) is 66.7 Å². The Balaban J connectivity index is 1.53. The zero-order valence-corrected chi connectivity index (χ0v) is 26.1. The van der Waals surface area contributed by atoms with Crippen molar-refractivity contribution < 1.29 is 24.5 Å². The zero-order valence-electron chi connectivity index (χ0n) is 23.8. The number of amides is 1. The van der Waals surface area contributed by atoms with Gasteiger partial charge >= 0.3 is 0 Å². The Bertz CT molecular complexity index is 1680. The van der Waals surface area contributed by atoms with E-state index in [0.717, 1.165) is 16.7 Å². The smallest absolute Gasteiger partial charge is 0.255 e. The van der Waals surface area contributed by atoms with Crippen molar-refractivity contribution in [3.63, 3.8) is 0 Å². The fraction of sp³-hybridized carbons (Fsp3) is 0.273. The number of aromatic nitrogens is 1. The molecule has 1 aliphatic heterocycles. The third-order valence-corrected chi connectivity index (χ3v) is 8.28. The van der Waals surface area contributed by atoms with Crippen molar-refractivity contribution >= 4 is 40.7 Å². The van der Waals surface area contributed by atoms with E-state index in [4.69, 9.17) is 49.3 Å². The number of phenolic OH excluding ortho intramolecular Hbond substituents is 1. The Hall–Kier alpha value is -3.49. The second-order valence-electron chi connectivity index (χ2n) is 11.1. The molecule has 0 aliphatic carbocycles. The lowest BCUT2D eigenvalue weighted by Gasteiger charge is -2.38. The van der Waals surface area contributed by atoms with Crippen molar-refractivity contribution in [1.29, 1.82) is 0 Å². The molecule has 0 saturated carbocycles. The van der Waals surface area contributed by atoms with Crippen molar-refractivity contribution in [3.05, 3.63) is 92.9 Å². The molecule has 1 aromatic heterocycles. The molecule has 0 spiro atoms. The number of carbonyl (C=O) groups is 1. The summed E-state index contributed by atoms with van der Waals surface area (Å²) in [5.41, 5.74) is 3.24. The molecular formula is C33H31Cl3N2O5. The highest BCUT2D eigenvalue weighted by Gasteiger charge is 2.37. The zero-order chi connectivity index (χ0) is 30.9. The van der Waals surface area contributed by atoms with Crippen LogP contribution in [0, 0.1) is 0 Å². The maximum atomic E-state index is 12.6. The summed E-state index contributed by atoms with van der Waals surface area (Å²) >= 11 is 19.2. The van der Waals surface area contributed by atoms with Crippen molar-refractivity contribution in [1.82, 2.24) is 10.3 Å². The molecule has 10 heteroatoms. The van der Waals surface area contributed by atoms with Crippen LogP contribution in [0.4, 0.5) is 0 Å². The van der Waals surface area contributed by atoms with E-state index < -0.39 is 17.6 Å². The number of nitrogens with one attached hydrogen (secondary N) is 1. The number of phenols is 1. The van der Waals surface area contributed by atoms with Crippen LogP contribution in [-0.2, 0) is 0 Å². The van der Waals surface area contributed by atoms with Gasteiger partial charge in [0.15, 0.2) is 0 Å². The maximum absolute atomic E-state index is 12.6. The van der Waals surface area contributed by atoms with Crippen LogP contribution in [0.3, 0.4) is 0 Å². The van der Waals surface area contributed by atoms with Crippen molar-refractivity contribution in [2.75, 3.05) is 13.7 Å². The van der Waals surface area contributed by atoms with Crippen LogP contribution in [0.5, 0.6) is 17.4 Å². The monoisotopic (exact) mass is 640 g/mol. The molecule has 1 amide bonds. The molecule has 0 bridgehead atoms. The van der Waals surface area contributed by atoms with Gasteiger partial charge in [-0.1, -0.05) is 53.0 Å². The summed E-state index contributed by atoms with van der Waals surface area (Å²) in [6.07, 6.45) is 0.0785. The Morgan fingerprint density at radius 3 is 2.56 bits per heavy atom. The molecule has 5 rings (SSSR count). The summed E-state index contributed by atoms with van der Waals surface area (Å²) in [6.45, 7) is 3.96. The second-order valence-corrected chi connectivity index (χ2v) is 12.4. The number of hydrogen-bond acceptors (Lipinski definition) is 6. The SMILES string of the molecule is COc1cc(-c2cc3c(nc2-c2ccc(Cl)cc2Cl)OC(C)(C)CC3CC(O)CNC(=O)c2ccccc2O)ccc1Cl. The molecule has 2 unspecified atom stereocenters. The molecule has 3 aromatic carbocycles. The number of aromatic hydroxyl groups is 1. The largest absolute Gasteiger partial charge is 0.507 e. The lowest BCUT2D eigenvalue weighted by Crippen LogP contribution is -2.38. The molecule has 3 N–H and O–H groups in total. The van der Waals surface area contributed by atoms with Gasteiger partial charge in [-0.05, 0) is 86.7 Å². The first-order valence-electron chi connectivity index (χ1n) is 13.7. The first-order valence-corrected chi connectivity index (χ1v) is 14.9. The Morgan fingerprint density at radius 1 is 1.07 bits per heavy atom. The van der Waals surface area contributed by atoms with Gasteiger partial charge in [0.05, 0.1) is 34.5 Å². The van der Waals surface area contributed by atoms with Gasteiger partial charge in [-0.2, -0.15) is 0 Å². The number of hydrogen-bond donors (Lipinski definition) is 3. The summed E-state index contributed by atoms with van der Waals surface area (Å²) in [5, 5.41) is 25.2. The normalized spacial score (nSPS) is 16.1. The number of aliphatic hydroxyl groups excluding tert-OH is 1. The molecule has 0 fully saturated rings. The van der Waals surface area contributed by atoms with Crippen LogP contribution >= 0.6 is 34.8 Å². The maximum Gasteiger partial charge on any atom is 0.255 e. The number of nitrogens with zero attached hydrogens (tertiary/aromatic N) is 1. The average Bonchev–Trinajstić information content (AvgIpc) is 2.95. The van der Waals surface area contributed by atoms with E-state index >= 15 is 0 Å². The number of fused-ring (bicyclic) bond motifs is 1. The quantitative estimate of drug-likeness (QED) is 0.181. The number of carbonyl (C=O) groups excluding carboxylic acids is 1. The third kappa shape index (κ3) is 6.86. The van der Waals surface area contributed by atoms with Gasteiger partial charge in [-0.25, -0.2) is 4.98 Å². The summed E-state index contributed by atoms with van der Waals surface area (Å²) < 4.78 is 11.9. The molecule has 43 heavy (non-hydrogen) atoms. The summed E-state index contributed by atoms with van der Waals surface area (Å²) in [6, 6.07) is 19.0. The van der Waals surface area contributed by atoms with E-state index in [9.17, 15) is 15.0 Å². The van der Waals surface area contributed by atoms with Gasteiger partial charge in [0.2, 0.25) is 5.88 Å². The van der Waals surface area contributed by atoms with Gasteiger partial charge in [0.1, 0.15) is 17.1 Å². The number of aliphatic hydroxyl groups is 1. The van der Waals surface area contributed by atoms with E-state index in [1.165, 1.54) is 12.1 Å². The predicted molar refractivity (Wildman–Crippen MR) is 170 cm³/mol. The van der Waals surface area contributed by atoms with E-state index in [0.29, 0.717) is 50.8 Å². The number of para-hydroxylation sites is 1. The number of ether oxygens (including phenoxy) is 2. The number of benzene rings is 3. The van der Waals surface area contributed by atoms with E-state index in [2.05, 4.69) is 5.32 Å². The number of halogens is 3. The lowest BCUT2D eigenvalue weighted by atomic mass is 9.81. The van der Waals surface area contributed by atoms with Gasteiger partial charge in [-0.3, -0.25) is 4.79 Å². The molecule has 2 atom stereocenters. The molecule has 1 aliphatic rings. The molecule has 4 aromatic rings. The molecule has 224 valence electrons. The first-order chi connectivity index (χ1) is 20.5. The molecule has 7 nitrogen and oxygen atoms in total. The Labute approximate surface area is 265 Å². The minimum absolute atomic E-state index is 0.00736. The van der Waals surface area contributed by atoms with E-state index in [1.807, 2.05) is 38.1 Å². The van der Waals surface area contributed by atoms with Gasteiger partial charge < -0.3 is 25.0 Å². The molecule has 0 saturated heterocycles. The number of methoxy groups -OCH3 is 1. The Morgan fingerprint density at radius 2 is 1.84 bits per heavy atom. The molecular weight excluding hydrogens is 611 g/mol. The molecule has 2 heterocycles. The lowest BCUT2D eigenvalue weighted by molar-refractivity contribution is 0.0523. The van der Waals surface area contributed by atoms with Crippen LogP contribution in [-0.4, -0.2) is 46.5 Å². The standard InChI is InChI=1S/C33H31Cl3N2O5/c1-33(2)16-19(12-21(39)17-37-31(41)23-6-4-5-7-28(23)40)25-15-24(18-8-11-26(35)29(13-18)42-3)30(38-32(25)43-33)22-10-9-20(34)14-27(22)36/h4-11,13-15,19,21,39-40H,12,16-17H2,1-3H3,(H,37,41). The van der Waals surface area contributed by atoms with Crippen LogP contribution in [0.1, 0.15) is 48.5 Å². The second kappa shape index (κ2) is 12.6. The predicted octanol–water partition coefficient (Wildman–Crippen LogP) is 7.92. The van der Waals surface area contributed by atoms with Crippen molar-refractivity contribution in [3.8, 4) is 39.8 Å². The summed E-state index contributed by atoms with van der Waals surface area (Å²) in [7, 11) is 1.55. The highest BCUT2D eigenvalue weighted by atomic mass is 35.5. The van der Waals surface area contributed by atoms with Crippen LogP contribution < -0.4 is 14.8 Å². The minimum Gasteiger partial charge on any atom is -0.507 e. The number of pyridine rings is 1. The molecule has 0 radical (unpaired) electrons. The highest BCUT2D eigenvalue weighted by molar-refractivity contribution is 6.36. The van der Waals surface area contributed by atoms with E-state index in [1.54, 1.807) is 37.4 Å². The van der Waals surface area contributed by atoms with Gasteiger partial charge in [0, 0.05) is 28.3 Å². The summed E-state index contributed by atoms with van der Waals surface area (Å²) in [5.74, 6) is 0.219. The fourth-order valence-corrected chi connectivity index (χ4v) is 6.11. The minimum atomic E-state index is -0.869. The van der Waals surface area contributed by atoms with Gasteiger partial charge in [-0.15, -0.1) is 0 Å². The van der Waals surface area contributed by atoms with Crippen molar-refractivity contribution in [2.45, 2.75) is 44.3 Å². The fourth-order valence-electron chi connectivity index (χ4n) is 5.42. The average molecular weight is 642 g/mol. The van der Waals surface area contributed by atoms with Crippen LogP contribution in [0.25, 0.3) is 22.4 Å². The third-order valence-electron chi connectivity index (χ3n) is 7.42.